The predicted molar refractivity (Wildman–Crippen MR) is 98.4 cm³/mol. The normalized spacial score (nSPS) is 10.0. The van der Waals surface area contributed by atoms with Crippen LogP contribution in [-0.2, 0) is 4.74 Å². The Hall–Kier alpha value is -2.58. The third-order valence-electron chi connectivity index (χ3n) is 2.74. The summed E-state index contributed by atoms with van der Waals surface area (Å²) in [4.78, 5) is 23.7. The van der Waals surface area contributed by atoms with E-state index in [0.29, 0.717) is 23.2 Å². The summed E-state index contributed by atoms with van der Waals surface area (Å²) in [5, 5.41) is 8.81. The van der Waals surface area contributed by atoms with Crippen LogP contribution in [0, 0.1) is 0 Å². The molecule has 0 unspecified atom stereocenters. The van der Waals surface area contributed by atoms with E-state index in [9.17, 15) is 4.79 Å². The Bertz CT molecular complexity index is 744. The Morgan fingerprint density at radius 1 is 1.16 bits per heavy atom. The van der Waals surface area contributed by atoms with E-state index in [1.807, 2.05) is 0 Å². The molecule has 1 aromatic carbocycles. The number of hydrogen-bond donors (Lipinski definition) is 3. The molecule has 1 heterocycles. The van der Waals surface area contributed by atoms with Crippen molar-refractivity contribution in [2.75, 3.05) is 35.6 Å². The van der Waals surface area contributed by atoms with Crippen LogP contribution in [0.2, 0.25) is 10.3 Å². The summed E-state index contributed by atoms with van der Waals surface area (Å²) in [7, 11) is 0. The SMILES string of the molecule is C=CCNc1nc(Cl)nc(NCCOC(=O)Nc2ccccc2Cl)n1. The van der Waals surface area contributed by atoms with Crippen molar-refractivity contribution in [3.05, 3.63) is 47.2 Å². The first-order valence-corrected chi connectivity index (χ1v) is 8.02. The lowest BCUT2D eigenvalue weighted by Crippen LogP contribution is -2.19. The van der Waals surface area contributed by atoms with Crippen molar-refractivity contribution in [1.29, 1.82) is 0 Å². The largest absolute Gasteiger partial charge is 0.447 e. The second-order valence-electron chi connectivity index (χ2n) is 4.59. The molecule has 0 aliphatic rings. The van der Waals surface area contributed by atoms with Crippen LogP contribution in [0.25, 0.3) is 0 Å². The molecule has 0 bridgehead atoms. The molecule has 0 aliphatic carbocycles. The standard InChI is InChI=1S/C15H16Cl2N6O2/c1-2-7-18-13-21-12(17)22-14(23-13)19-8-9-25-15(24)20-11-6-4-3-5-10(11)16/h2-6H,1,7-9H2,(H,20,24)(H2,18,19,21,22,23). The number of anilines is 3. The van der Waals surface area contributed by atoms with Crippen LogP contribution in [0.4, 0.5) is 22.4 Å². The Morgan fingerprint density at radius 3 is 2.60 bits per heavy atom. The van der Waals surface area contributed by atoms with Gasteiger partial charge in [0.15, 0.2) is 0 Å². The van der Waals surface area contributed by atoms with Gasteiger partial charge in [0, 0.05) is 6.54 Å². The van der Waals surface area contributed by atoms with Crippen LogP contribution < -0.4 is 16.0 Å². The monoisotopic (exact) mass is 382 g/mol. The summed E-state index contributed by atoms with van der Waals surface area (Å²) < 4.78 is 5.04. The Kier molecular flexibility index (Phi) is 7.24. The number of carbonyl (C=O) groups is 1. The van der Waals surface area contributed by atoms with Crippen molar-refractivity contribution in [1.82, 2.24) is 15.0 Å². The maximum atomic E-state index is 11.7. The third kappa shape index (κ3) is 6.44. The lowest BCUT2D eigenvalue weighted by atomic mass is 10.3. The highest BCUT2D eigenvalue weighted by Crippen LogP contribution is 2.20. The number of rotatable bonds is 8. The molecule has 0 saturated carbocycles. The highest BCUT2D eigenvalue weighted by atomic mass is 35.5. The van der Waals surface area contributed by atoms with Crippen molar-refractivity contribution < 1.29 is 9.53 Å². The third-order valence-corrected chi connectivity index (χ3v) is 3.24. The summed E-state index contributed by atoms with van der Waals surface area (Å²) in [5.74, 6) is 0.585. The molecule has 2 aromatic rings. The predicted octanol–water partition coefficient (Wildman–Crippen LogP) is 3.44. The first-order valence-electron chi connectivity index (χ1n) is 7.27. The highest BCUT2D eigenvalue weighted by Gasteiger charge is 2.07. The molecule has 1 amide bonds. The zero-order valence-corrected chi connectivity index (χ0v) is 14.6. The van der Waals surface area contributed by atoms with Gasteiger partial charge in [-0.1, -0.05) is 29.8 Å². The Labute approximate surface area is 154 Å². The van der Waals surface area contributed by atoms with E-state index in [1.54, 1.807) is 30.3 Å². The van der Waals surface area contributed by atoms with Crippen molar-refractivity contribution in [2.24, 2.45) is 0 Å². The van der Waals surface area contributed by atoms with Crippen LogP contribution in [0.15, 0.2) is 36.9 Å². The van der Waals surface area contributed by atoms with Gasteiger partial charge < -0.3 is 15.4 Å². The van der Waals surface area contributed by atoms with Gasteiger partial charge in [-0.05, 0) is 23.7 Å². The topological polar surface area (TPSA) is 101 Å². The lowest BCUT2D eigenvalue weighted by molar-refractivity contribution is 0.166. The number of hydrogen-bond acceptors (Lipinski definition) is 7. The Morgan fingerprint density at radius 2 is 1.88 bits per heavy atom. The number of amides is 1. The van der Waals surface area contributed by atoms with Crippen molar-refractivity contribution in [2.45, 2.75) is 0 Å². The number of nitrogens with zero attached hydrogens (tertiary/aromatic N) is 3. The molecule has 2 rings (SSSR count). The zero-order chi connectivity index (χ0) is 18.1. The van der Waals surface area contributed by atoms with Gasteiger partial charge in [-0.25, -0.2) is 4.79 Å². The Balaban J connectivity index is 1.77. The first kappa shape index (κ1) is 18.8. The molecule has 0 fully saturated rings. The quantitative estimate of drug-likeness (QED) is 0.474. The van der Waals surface area contributed by atoms with Crippen LogP contribution in [-0.4, -0.2) is 40.7 Å². The average molecular weight is 383 g/mol. The van der Waals surface area contributed by atoms with Gasteiger partial charge in [0.1, 0.15) is 6.61 Å². The minimum absolute atomic E-state index is 0.0430. The molecule has 0 atom stereocenters. The van der Waals surface area contributed by atoms with Gasteiger partial charge in [0.05, 0.1) is 17.3 Å². The minimum Gasteiger partial charge on any atom is -0.447 e. The molecule has 0 aliphatic heterocycles. The summed E-state index contributed by atoms with van der Waals surface area (Å²) in [6.45, 7) is 4.46. The van der Waals surface area contributed by atoms with Gasteiger partial charge >= 0.3 is 6.09 Å². The smallest absolute Gasteiger partial charge is 0.411 e. The van der Waals surface area contributed by atoms with E-state index in [1.165, 1.54) is 0 Å². The summed E-state index contributed by atoms with van der Waals surface area (Å²) >= 11 is 11.8. The van der Waals surface area contributed by atoms with Crippen LogP contribution >= 0.6 is 23.2 Å². The number of para-hydroxylation sites is 1. The highest BCUT2D eigenvalue weighted by molar-refractivity contribution is 6.33. The van der Waals surface area contributed by atoms with Crippen LogP contribution in [0.3, 0.4) is 0 Å². The lowest BCUT2D eigenvalue weighted by Gasteiger charge is -2.09. The minimum atomic E-state index is -0.614. The van der Waals surface area contributed by atoms with Crippen molar-refractivity contribution >= 4 is 46.9 Å². The fourth-order valence-electron chi connectivity index (χ4n) is 1.69. The number of halogens is 2. The van der Waals surface area contributed by atoms with E-state index in [2.05, 4.69) is 37.5 Å². The molecule has 25 heavy (non-hydrogen) atoms. The molecule has 0 saturated heterocycles. The summed E-state index contributed by atoms with van der Waals surface area (Å²) in [6.07, 6.45) is 1.05. The van der Waals surface area contributed by atoms with E-state index in [-0.39, 0.29) is 24.4 Å². The number of nitrogens with one attached hydrogen (secondary N) is 3. The van der Waals surface area contributed by atoms with Gasteiger partial charge in [-0.2, -0.15) is 15.0 Å². The number of benzene rings is 1. The van der Waals surface area contributed by atoms with Gasteiger partial charge in [-0.3, -0.25) is 5.32 Å². The molecular weight excluding hydrogens is 367 g/mol. The molecule has 3 N–H and O–H groups in total. The summed E-state index contributed by atoms with van der Waals surface area (Å²) in [6, 6.07) is 6.86. The number of aromatic nitrogens is 3. The van der Waals surface area contributed by atoms with E-state index in [0.717, 1.165) is 0 Å². The van der Waals surface area contributed by atoms with Crippen molar-refractivity contribution in [3.63, 3.8) is 0 Å². The van der Waals surface area contributed by atoms with Crippen molar-refractivity contribution in [3.8, 4) is 0 Å². The maximum absolute atomic E-state index is 11.7. The molecule has 132 valence electrons. The second-order valence-corrected chi connectivity index (χ2v) is 5.33. The second kappa shape index (κ2) is 9.65. The van der Waals surface area contributed by atoms with E-state index in [4.69, 9.17) is 27.9 Å². The van der Waals surface area contributed by atoms with Crippen LogP contribution in [0.1, 0.15) is 0 Å². The van der Waals surface area contributed by atoms with E-state index >= 15 is 0 Å². The van der Waals surface area contributed by atoms with Crippen LogP contribution in [0.5, 0.6) is 0 Å². The summed E-state index contributed by atoms with van der Waals surface area (Å²) in [5.41, 5.74) is 0.476. The fraction of sp³-hybridized carbons (Fsp3) is 0.200. The molecule has 0 radical (unpaired) electrons. The number of ether oxygens (including phenoxy) is 1. The molecule has 1 aromatic heterocycles. The fourth-order valence-corrected chi connectivity index (χ4v) is 2.03. The molecule has 10 heteroatoms. The molecular formula is C15H16Cl2N6O2. The van der Waals surface area contributed by atoms with Gasteiger partial charge in [0.25, 0.3) is 0 Å². The molecule has 0 spiro atoms. The zero-order valence-electron chi connectivity index (χ0n) is 13.1. The number of carbonyl (C=O) groups excluding carboxylic acids is 1. The van der Waals surface area contributed by atoms with E-state index < -0.39 is 6.09 Å². The first-order chi connectivity index (χ1) is 12.1. The van der Waals surface area contributed by atoms with Gasteiger partial charge in [-0.15, -0.1) is 6.58 Å². The van der Waals surface area contributed by atoms with Gasteiger partial charge in [0.2, 0.25) is 17.2 Å². The average Bonchev–Trinajstić information content (AvgIpc) is 2.58. The molecule has 8 nitrogen and oxygen atoms in total. The maximum Gasteiger partial charge on any atom is 0.411 e.